The second-order valence-corrected chi connectivity index (χ2v) is 7.57. The highest BCUT2D eigenvalue weighted by Gasteiger charge is 2.35. The van der Waals surface area contributed by atoms with E-state index in [1.165, 1.54) is 6.07 Å². The fraction of sp³-hybridized carbons (Fsp3) is 0.235. The van der Waals surface area contributed by atoms with E-state index in [0.29, 0.717) is 21.2 Å². The van der Waals surface area contributed by atoms with Gasteiger partial charge in [-0.25, -0.2) is 0 Å². The molecular weight excluding hydrogens is 440 g/mol. The van der Waals surface area contributed by atoms with Gasteiger partial charge in [-0.1, -0.05) is 27.3 Å². The van der Waals surface area contributed by atoms with E-state index >= 15 is 0 Å². The number of thiophene rings is 1. The number of carbonyl (C=O) groups is 3. The summed E-state index contributed by atoms with van der Waals surface area (Å²) in [4.78, 5) is 47.6. The molecule has 0 fully saturated rings. The Hall–Kier alpha value is -2.59. The highest BCUT2D eigenvalue weighted by molar-refractivity contribution is 9.10. The van der Waals surface area contributed by atoms with Crippen LogP contribution in [0.4, 0.5) is 5.00 Å². The maximum Gasteiger partial charge on any atom is 0.324 e. The van der Waals surface area contributed by atoms with Crippen LogP contribution in [-0.4, -0.2) is 34.2 Å². The van der Waals surface area contributed by atoms with Gasteiger partial charge < -0.3 is 4.74 Å². The Bertz CT molecular complexity index is 941. The summed E-state index contributed by atoms with van der Waals surface area (Å²) in [5.41, 5.74) is 1.24. The maximum absolute atomic E-state index is 12.3. The molecule has 0 saturated heterocycles. The fourth-order valence-electron chi connectivity index (χ4n) is 2.62. The molecular formula is C17H13BrN2O6S. The standard InChI is InChI=1S/C17H13BrN2O6S/c18-11-3-4-12-13(7-11)17(23)19(16(12)22)5-1-2-15(21)26-8-10-6-14(20(24)25)27-9-10/h3-4,6-7,9H,1-2,5,8H2. The van der Waals surface area contributed by atoms with Crippen molar-refractivity contribution < 1.29 is 24.0 Å². The van der Waals surface area contributed by atoms with Crippen molar-refractivity contribution in [1.82, 2.24) is 4.90 Å². The first-order chi connectivity index (χ1) is 12.9. The predicted octanol–water partition coefficient (Wildman–Crippen LogP) is 3.54. The minimum atomic E-state index is -0.503. The zero-order valence-electron chi connectivity index (χ0n) is 13.8. The van der Waals surface area contributed by atoms with E-state index in [-0.39, 0.29) is 42.8 Å². The van der Waals surface area contributed by atoms with Crippen LogP contribution in [0.3, 0.4) is 0 Å². The van der Waals surface area contributed by atoms with Crippen molar-refractivity contribution in [2.24, 2.45) is 0 Å². The van der Waals surface area contributed by atoms with Crippen LogP contribution in [0.2, 0.25) is 0 Å². The molecule has 1 aromatic heterocycles. The second kappa shape index (κ2) is 7.97. The highest BCUT2D eigenvalue weighted by Crippen LogP contribution is 2.26. The molecule has 0 saturated carbocycles. The molecule has 0 N–H and O–H groups in total. The third kappa shape index (κ3) is 4.22. The van der Waals surface area contributed by atoms with Gasteiger partial charge in [-0.05, 0) is 24.6 Å². The van der Waals surface area contributed by atoms with Gasteiger partial charge in [0.15, 0.2) is 0 Å². The Labute approximate surface area is 166 Å². The number of ether oxygens (including phenoxy) is 1. The van der Waals surface area contributed by atoms with Crippen LogP contribution in [0.5, 0.6) is 0 Å². The number of halogens is 1. The third-order valence-electron chi connectivity index (χ3n) is 3.92. The SMILES string of the molecule is O=C(CCCN1C(=O)c2ccc(Br)cc2C1=O)OCc1csc([N+](=O)[O-])c1. The Balaban J connectivity index is 1.47. The predicted molar refractivity (Wildman–Crippen MR) is 99.5 cm³/mol. The van der Waals surface area contributed by atoms with E-state index in [4.69, 9.17) is 4.74 Å². The van der Waals surface area contributed by atoms with Gasteiger partial charge in [-0.15, -0.1) is 0 Å². The molecule has 0 aliphatic carbocycles. The Morgan fingerprint density at radius 3 is 2.67 bits per heavy atom. The molecule has 1 aromatic carbocycles. The number of hydrogen-bond donors (Lipinski definition) is 0. The van der Waals surface area contributed by atoms with Gasteiger partial charge in [0.05, 0.1) is 16.1 Å². The van der Waals surface area contributed by atoms with E-state index in [2.05, 4.69) is 15.9 Å². The zero-order valence-corrected chi connectivity index (χ0v) is 16.2. The molecule has 2 amide bonds. The van der Waals surface area contributed by atoms with E-state index < -0.39 is 10.9 Å². The monoisotopic (exact) mass is 452 g/mol. The number of nitro groups is 1. The van der Waals surface area contributed by atoms with Crippen molar-refractivity contribution >= 4 is 50.1 Å². The highest BCUT2D eigenvalue weighted by atomic mass is 79.9. The molecule has 140 valence electrons. The van der Waals surface area contributed by atoms with Crippen molar-refractivity contribution in [3.05, 3.63) is 60.9 Å². The average molecular weight is 453 g/mol. The normalized spacial score (nSPS) is 13.0. The molecule has 1 aliphatic rings. The number of rotatable bonds is 7. The van der Waals surface area contributed by atoms with E-state index in [1.54, 1.807) is 23.6 Å². The van der Waals surface area contributed by atoms with Crippen LogP contribution in [0.15, 0.2) is 34.1 Å². The maximum atomic E-state index is 12.3. The van der Waals surface area contributed by atoms with Gasteiger partial charge in [0, 0.05) is 34.4 Å². The molecule has 3 rings (SSSR count). The molecule has 27 heavy (non-hydrogen) atoms. The second-order valence-electron chi connectivity index (χ2n) is 5.77. The van der Waals surface area contributed by atoms with Crippen molar-refractivity contribution in [2.45, 2.75) is 19.4 Å². The summed E-state index contributed by atoms with van der Waals surface area (Å²) in [5.74, 6) is -1.25. The van der Waals surface area contributed by atoms with Gasteiger partial charge in [-0.3, -0.25) is 29.4 Å². The molecule has 2 heterocycles. The van der Waals surface area contributed by atoms with E-state index in [9.17, 15) is 24.5 Å². The summed E-state index contributed by atoms with van der Waals surface area (Å²) in [5, 5.41) is 12.2. The van der Waals surface area contributed by atoms with E-state index in [0.717, 1.165) is 16.2 Å². The first kappa shape index (κ1) is 19.2. The molecule has 0 bridgehead atoms. The molecule has 0 unspecified atom stereocenters. The average Bonchev–Trinajstić information content (AvgIpc) is 3.19. The van der Waals surface area contributed by atoms with Crippen molar-refractivity contribution in [2.75, 3.05) is 6.54 Å². The number of nitrogens with zero attached hydrogens (tertiary/aromatic N) is 2. The summed E-state index contributed by atoms with van der Waals surface area (Å²) in [7, 11) is 0. The summed E-state index contributed by atoms with van der Waals surface area (Å²) in [6.07, 6.45) is 0.304. The molecule has 2 aromatic rings. The topological polar surface area (TPSA) is 107 Å². The smallest absolute Gasteiger partial charge is 0.324 e. The molecule has 0 atom stereocenters. The molecule has 0 radical (unpaired) electrons. The van der Waals surface area contributed by atoms with Crippen LogP contribution >= 0.6 is 27.3 Å². The Kier molecular flexibility index (Phi) is 5.66. The Morgan fingerprint density at radius 2 is 1.96 bits per heavy atom. The van der Waals surface area contributed by atoms with Crippen LogP contribution < -0.4 is 0 Å². The van der Waals surface area contributed by atoms with Crippen molar-refractivity contribution in [1.29, 1.82) is 0 Å². The summed E-state index contributed by atoms with van der Waals surface area (Å²) in [6.45, 7) is 0.0627. The van der Waals surface area contributed by atoms with Gasteiger partial charge in [0.2, 0.25) is 0 Å². The number of imide groups is 1. The van der Waals surface area contributed by atoms with Crippen LogP contribution in [0.25, 0.3) is 0 Å². The summed E-state index contributed by atoms with van der Waals surface area (Å²) in [6, 6.07) is 6.24. The Morgan fingerprint density at radius 1 is 1.22 bits per heavy atom. The lowest BCUT2D eigenvalue weighted by Crippen LogP contribution is -2.31. The van der Waals surface area contributed by atoms with Gasteiger partial charge >= 0.3 is 11.0 Å². The number of esters is 1. The van der Waals surface area contributed by atoms with E-state index in [1.807, 2.05) is 0 Å². The van der Waals surface area contributed by atoms with Gasteiger partial charge in [0.25, 0.3) is 11.8 Å². The van der Waals surface area contributed by atoms with Crippen LogP contribution in [0.1, 0.15) is 39.1 Å². The van der Waals surface area contributed by atoms with Gasteiger partial charge in [0.1, 0.15) is 6.61 Å². The minimum Gasteiger partial charge on any atom is -0.461 e. The fourth-order valence-corrected chi connectivity index (χ4v) is 3.69. The quantitative estimate of drug-likeness (QED) is 0.275. The largest absolute Gasteiger partial charge is 0.461 e. The first-order valence-electron chi connectivity index (χ1n) is 7.90. The van der Waals surface area contributed by atoms with Crippen molar-refractivity contribution in [3.8, 4) is 0 Å². The lowest BCUT2D eigenvalue weighted by Gasteiger charge is -2.13. The third-order valence-corrected chi connectivity index (χ3v) is 5.34. The lowest BCUT2D eigenvalue weighted by molar-refractivity contribution is -0.380. The summed E-state index contributed by atoms with van der Waals surface area (Å²) >= 11 is 4.23. The lowest BCUT2D eigenvalue weighted by atomic mass is 10.1. The zero-order chi connectivity index (χ0) is 19.6. The molecule has 0 spiro atoms. The van der Waals surface area contributed by atoms with Gasteiger partial charge in [-0.2, -0.15) is 0 Å². The first-order valence-corrected chi connectivity index (χ1v) is 9.57. The number of hydrogen-bond acceptors (Lipinski definition) is 7. The summed E-state index contributed by atoms with van der Waals surface area (Å²) < 4.78 is 5.78. The number of benzene rings is 1. The van der Waals surface area contributed by atoms with Crippen molar-refractivity contribution in [3.63, 3.8) is 0 Å². The van der Waals surface area contributed by atoms with Crippen LogP contribution in [-0.2, 0) is 16.1 Å². The number of amides is 2. The molecule has 8 nitrogen and oxygen atoms in total. The van der Waals surface area contributed by atoms with Crippen LogP contribution in [0, 0.1) is 10.1 Å². The minimum absolute atomic E-state index is 0.0155. The molecule has 10 heteroatoms. The molecule has 1 aliphatic heterocycles. The number of fused-ring (bicyclic) bond motifs is 1. The number of carbonyl (C=O) groups excluding carboxylic acids is 3.